The van der Waals surface area contributed by atoms with E-state index in [4.69, 9.17) is 28.4 Å². The lowest BCUT2D eigenvalue weighted by molar-refractivity contribution is -0.151. The third-order valence-corrected chi connectivity index (χ3v) is 9.33. The van der Waals surface area contributed by atoms with Crippen molar-refractivity contribution in [3.05, 3.63) is 102 Å². The molecular weight excluding hydrogens is 676 g/mol. The molecule has 0 radical (unpaired) electrons. The third-order valence-electron chi connectivity index (χ3n) is 9.33. The average Bonchev–Trinajstić information content (AvgIpc) is 3.44. The third kappa shape index (κ3) is 11.3. The Hall–Kier alpha value is -5.38. The van der Waals surface area contributed by atoms with Crippen LogP contribution in [0.15, 0.2) is 85.5 Å². The second-order valence-electron chi connectivity index (χ2n) is 13.3. The standard InChI is InChI=1S/C43H48O10/c1-4-40(44)50-24-10-8-22-48-32-16-14-31(15-17-32)43(47)53-35-19-21-37-36-20-18-34(27-38(36)30(3)39(37)28-35)49-23-9-11-25-51-42(46)29(2)26-41(45)52-33-12-6-5-7-13-33/h4,14-21,27-28,30,33H,1-2,5-13,22-26H2,3H3. The van der Waals surface area contributed by atoms with Crippen molar-refractivity contribution in [2.24, 2.45) is 0 Å². The van der Waals surface area contributed by atoms with Crippen LogP contribution in [0.2, 0.25) is 0 Å². The second-order valence-corrected chi connectivity index (χ2v) is 13.3. The van der Waals surface area contributed by atoms with Crippen molar-refractivity contribution in [1.29, 1.82) is 0 Å². The Morgan fingerprint density at radius 3 is 1.94 bits per heavy atom. The van der Waals surface area contributed by atoms with Gasteiger partial charge in [0.15, 0.2) is 0 Å². The molecule has 1 saturated carbocycles. The van der Waals surface area contributed by atoms with Crippen LogP contribution in [0, 0.1) is 0 Å². The molecule has 0 spiro atoms. The van der Waals surface area contributed by atoms with E-state index in [0.29, 0.717) is 62.6 Å². The van der Waals surface area contributed by atoms with E-state index in [-0.39, 0.29) is 30.6 Å². The van der Waals surface area contributed by atoms with E-state index >= 15 is 0 Å². The van der Waals surface area contributed by atoms with E-state index in [9.17, 15) is 19.2 Å². The lowest BCUT2D eigenvalue weighted by Crippen LogP contribution is -2.22. The molecular formula is C43H48O10. The molecule has 0 aliphatic heterocycles. The minimum absolute atomic E-state index is 0.0561. The smallest absolute Gasteiger partial charge is 0.343 e. The first-order valence-electron chi connectivity index (χ1n) is 18.4. The fourth-order valence-electron chi connectivity index (χ4n) is 6.41. The van der Waals surface area contributed by atoms with E-state index in [1.807, 2.05) is 30.3 Å². The summed E-state index contributed by atoms with van der Waals surface area (Å²) in [6.45, 7) is 10.6. The van der Waals surface area contributed by atoms with Crippen molar-refractivity contribution < 1.29 is 47.6 Å². The van der Waals surface area contributed by atoms with Gasteiger partial charge in [-0.05, 0) is 122 Å². The zero-order valence-corrected chi connectivity index (χ0v) is 30.4. The van der Waals surface area contributed by atoms with Gasteiger partial charge < -0.3 is 28.4 Å². The van der Waals surface area contributed by atoms with Crippen molar-refractivity contribution in [2.75, 3.05) is 26.4 Å². The molecule has 3 aromatic rings. The van der Waals surface area contributed by atoms with Crippen molar-refractivity contribution in [1.82, 2.24) is 0 Å². The number of hydrogen-bond donors (Lipinski definition) is 0. The van der Waals surface area contributed by atoms with Gasteiger partial charge in [0.1, 0.15) is 23.4 Å². The first kappa shape index (κ1) is 38.8. The molecule has 0 saturated heterocycles. The molecule has 0 aromatic heterocycles. The summed E-state index contributed by atoms with van der Waals surface area (Å²) >= 11 is 0. The Morgan fingerprint density at radius 1 is 0.717 bits per heavy atom. The van der Waals surface area contributed by atoms with Gasteiger partial charge in [0, 0.05) is 17.6 Å². The lowest BCUT2D eigenvalue weighted by atomic mass is 9.98. The zero-order valence-electron chi connectivity index (χ0n) is 30.4. The van der Waals surface area contributed by atoms with Crippen LogP contribution >= 0.6 is 0 Å². The van der Waals surface area contributed by atoms with Crippen LogP contribution in [-0.2, 0) is 28.6 Å². The maximum atomic E-state index is 12.9. The Labute approximate surface area is 311 Å². The van der Waals surface area contributed by atoms with Crippen molar-refractivity contribution in [2.45, 2.75) is 83.2 Å². The molecule has 1 atom stereocenters. The summed E-state index contributed by atoms with van der Waals surface area (Å²) in [6, 6.07) is 18.5. The SMILES string of the molecule is C=CC(=O)OCCCCOc1ccc(C(=O)Oc2ccc3c(c2)C(C)c2cc(OCCCCOC(=O)C(=C)CC(=O)OC4CCCCC4)ccc2-3)cc1. The first-order valence-corrected chi connectivity index (χ1v) is 18.4. The van der Waals surface area contributed by atoms with Crippen LogP contribution in [0.4, 0.5) is 0 Å². The van der Waals surface area contributed by atoms with Gasteiger partial charge in [-0.3, -0.25) is 4.79 Å². The van der Waals surface area contributed by atoms with Crippen LogP contribution in [0.5, 0.6) is 17.2 Å². The van der Waals surface area contributed by atoms with Crippen LogP contribution in [0.25, 0.3) is 11.1 Å². The number of unbranched alkanes of at least 4 members (excludes halogenated alkanes) is 2. The Morgan fingerprint density at radius 2 is 1.28 bits per heavy atom. The predicted octanol–water partition coefficient (Wildman–Crippen LogP) is 8.45. The average molecular weight is 725 g/mol. The fourth-order valence-corrected chi connectivity index (χ4v) is 6.41. The highest BCUT2D eigenvalue weighted by Crippen LogP contribution is 2.47. The Balaban J connectivity index is 1.01. The Kier molecular flexibility index (Phi) is 14.3. The number of rotatable bonds is 19. The van der Waals surface area contributed by atoms with E-state index in [1.54, 1.807) is 30.3 Å². The van der Waals surface area contributed by atoms with Crippen LogP contribution < -0.4 is 14.2 Å². The van der Waals surface area contributed by atoms with Gasteiger partial charge in [-0.1, -0.05) is 38.6 Å². The first-order chi connectivity index (χ1) is 25.7. The molecule has 2 aliphatic carbocycles. The Bertz CT molecular complexity index is 1770. The number of ether oxygens (including phenoxy) is 6. The quantitative estimate of drug-likeness (QED) is 0.0391. The van der Waals surface area contributed by atoms with Crippen molar-refractivity contribution in [3.8, 4) is 28.4 Å². The molecule has 53 heavy (non-hydrogen) atoms. The molecule has 10 nitrogen and oxygen atoms in total. The van der Waals surface area contributed by atoms with E-state index < -0.39 is 23.9 Å². The summed E-state index contributed by atoms with van der Waals surface area (Å²) in [5.41, 5.74) is 4.90. The number of benzene rings is 3. The van der Waals surface area contributed by atoms with Gasteiger partial charge in [0.05, 0.1) is 38.4 Å². The lowest BCUT2D eigenvalue weighted by Gasteiger charge is -2.21. The predicted molar refractivity (Wildman–Crippen MR) is 199 cm³/mol. The molecule has 1 fully saturated rings. The topological polar surface area (TPSA) is 124 Å². The summed E-state index contributed by atoms with van der Waals surface area (Å²) in [5.74, 6) is 0.00632. The fraction of sp³-hybridized carbons (Fsp3) is 0.395. The molecule has 0 heterocycles. The highest BCUT2D eigenvalue weighted by atomic mass is 16.6. The van der Waals surface area contributed by atoms with E-state index in [2.05, 4.69) is 20.1 Å². The summed E-state index contributed by atoms with van der Waals surface area (Å²) in [4.78, 5) is 48.5. The monoisotopic (exact) mass is 724 g/mol. The van der Waals surface area contributed by atoms with Crippen LogP contribution in [0.1, 0.15) is 98.5 Å². The van der Waals surface area contributed by atoms with Gasteiger partial charge >= 0.3 is 23.9 Å². The highest BCUT2D eigenvalue weighted by molar-refractivity contribution is 5.93. The summed E-state index contributed by atoms with van der Waals surface area (Å²) < 4.78 is 33.2. The minimum atomic E-state index is -0.577. The summed E-state index contributed by atoms with van der Waals surface area (Å²) in [5, 5.41) is 0. The largest absolute Gasteiger partial charge is 0.494 e. The van der Waals surface area contributed by atoms with Crippen LogP contribution in [-0.4, -0.2) is 56.4 Å². The van der Waals surface area contributed by atoms with Gasteiger partial charge in [-0.15, -0.1) is 0 Å². The zero-order chi connectivity index (χ0) is 37.6. The number of fused-ring (bicyclic) bond motifs is 3. The van der Waals surface area contributed by atoms with E-state index in [0.717, 1.165) is 59.8 Å². The number of hydrogen-bond acceptors (Lipinski definition) is 10. The van der Waals surface area contributed by atoms with Crippen molar-refractivity contribution >= 4 is 23.9 Å². The molecule has 2 aliphatic rings. The number of esters is 4. The summed E-state index contributed by atoms with van der Waals surface area (Å²) in [7, 11) is 0. The van der Waals surface area contributed by atoms with Gasteiger partial charge in [0.2, 0.25) is 0 Å². The molecule has 0 N–H and O–H groups in total. The molecule has 10 heteroatoms. The van der Waals surface area contributed by atoms with Crippen molar-refractivity contribution in [3.63, 3.8) is 0 Å². The maximum Gasteiger partial charge on any atom is 0.343 e. The molecule has 3 aromatic carbocycles. The maximum absolute atomic E-state index is 12.9. The minimum Gasteiger partial charge on any atom is -0.494 e. The molecule has 0 bridgehead atoms. The number of carbonyl (C=O) groups excluding carboxylic acids is 4. The molecule has 280 valence electrons. The van der Waals surface area contributed by atoms with Crippen LogP contribution in [0.3, 0.4) is 0 Å². The molecule has 0 amide bonds. The highest BCUT2D eigenvalue weighted by Gasteiger charge is 2.27. The number of carbonyl (C=O) groups is 4. The van der Waals surface area contributed by atoms with Gasteiger partial charge in [0.25, 0.3) is 0 Å². The molecule has 1 unspecified atom stereocenters. The van der Waals surface area contributed by atoms with Gasteiger partial charge in [-0.2, -0.15) is 0 Å². The summed E-state index contributed by atoms with van der Waals surface area (Å²) in [6.07, 6.45) is 8.64. The van der Waals surface area contributed by atoms with E-state index in [1.165, 1.54) is 6.42 Å². The molecule has 5 rings (SSSR count). The van der Waals surface area contributed by atoms with Gasteiger partial charge in [-0.25, -0.2) is 14.4 Å². The second kappa shape index (κ2) is 19.5. The normalized spacial score (nSPS) is 14.6.